The van der Waals surface area contributed by atoms with E-state index in [0.29, 0.717) is 37.9 Å². The molecular formula is C29H33N3O4S. The van der Waals surface area contributed by atoms with Crippen LogP contribution >= 0.6 is 11.3 Å². The minimum absolute atomic E-state index is 0.314. The highest BCUT2D eigenvalue weighted by Gasteiger charge is 2.32. The van der Waals surface area contributed by atoms with Crippen molar-refractivity contribution in [2.24, 2.45) is 0 Å². The van der Waals surface area contributed by atoms with Crippen molar-refractivity contribution in [3.8, 4) is 17.1 Å². The fourth-order valence-corrected chi connectivity index (χ4v) is 4.81. The average Bonchev–Trinajstić information content (AvgIpc) is 3.55. The minimum Gasteiger partial charge on any atom is -0.476 e. The van der Waals surface area contributed by atoms with Gasteiger partial charge in [-0.05, 0) is 51.3 Å². The number of oxazole rings is 1. The lowest BCUT2D eigenvalue weighted by atomic mass is 10.0. The molecule has 0 N–H and O–H groups in total. The van der Waals surface area contributed by atoms with Crippen LogP contribution < -0.4 is 4.74 Å². The van der Waals surface area contributed by atoms with Crippen LogP contribution in [0.3, 0.4) is 0 Å². The molecule has 4 rings (SSSR count). The Labute approximate surface area is 222 Å². The lowest BCUT2D eigenvalue weighted by Gasteiger charge is -2.27. The number of esters is 1. The van der Waals surface area contributed by atoms with Crippen molar-refractivity contribution in [2.45, 2.75) is 59.9 Å². The van der Waals surface area contributed by atoms with Crippen molar-refractivity contribution in [3.05, 3.63) is 87.8 Å². The second kappa shape index (κ2) is 11.7. The van der Waals surface area contributed by atoms with Crippen LogP contribution in [0, 0.1) is 13.8 Å². The molecule has 0 aliphatic rings. The maximum atomic E-state index is 12.3. The second-order valence-electron chi connectivity index (χ2n) is 9.45. The molecule has 7 nitrogen and oxygen atoms in total. The van der Waals surface area contributed by atoms with Crippen molar-refractivity contribution in [1.29, 1.82) is 0 Å². The molecule has 0 unspecified atom stereocenters. The highest BCUT2D eigenvalue weighted by Crippen LogP contribution is 2.30. The molecular weight excluding hydrogens is 486 g/mol. The maximum absolute atomic E-state index is 12.3. The number of aromatic nitrogens is 2. The number of ether oxygens (including phenoxy) is 2. The van der Waals surface area contributed by atoms with Crippen LogP contribution in [-0.4, -0.2) is 33.0 Å². The molecule has 0 spiro atoms. The molecule has 37 heavy (non-hydrogen) atoms. The van der Waals surface area contributed by atoms with Gasteiger partial charge >= 0.3 is 5.97 Å². The SMILES string of the molecule is CCOC(=O)C(C)(C)Oc1c(C)cc(CN(Cc2ncc(-c3ccccc3)o2)Cc2nccs2)cc1C. The monoisotopic (exact) mass is 519 g/mol. The topological polar surface area (TPSA) is 77.7 Å². The summed E-state index contributed by atoms with van der Waals surface area (Å²) in [7, 11) is 0. The van der Waals surface area contributed by atoms with E-state index in [1.165, 1.54) is 0 Å². The van der Waals surface area contributed by atoms with E-state index in [1.807, 2.05) is 55.8 Å². The average molecular weight is 520 g/mol. The summed E-state index contributed by atoms with van der Waals surface area (Å²) in [6.07, 6.45) is 3.60. The molecule has 0 aliphatic heterocycles. The maximum Gasteiger partial charge on any atom is 0.349 e. The van der Waals surface area contributed by atoms with Crippen molar-refractivity contribution < 1.29 is 18.7 Å². The van der Waals surface area contributed by atoms with Gasteiger partial charge in [-0.2, -0.15) is 0 Å². The van der Waals surface area contributed by atoms with Gasteiger partial charge in [0.1, 0.15) is 10.8 Å². The second-order valence-corrected chi connectivity index (χ2v) is 10.4. The first-order chi connectivity index (χ1) is 17.7. The number of nitrogens with zero attached hydrogens (tertiary/aromatic N) is 3. The minimum atomic E-state index is -1.08. The Hall–Kier alpha value is -3.49. The van der Waals surface area contributed by atoms with E-state index in [-0.39, 0.29) is 5.97 Å². The molecule has 194 valence electrons. The first-order valence-corrected chi connectivity index (χ1v) is 13.2. The summed E-state index contributed by atoms with van der Waals surface area (Å²) < 4.78 is 17.4. The number of hydrogen-bond acceptors (Lipinski definition) is 8. The van der Waals surface area contributed by atoms with Gasteiger partial charge in [0, 0.05) is 23.7 Å². The Kier molecular flexibility index (Phi) is 8.41. The molecule has 0 bridgehead atoms. The number of rotatable bonds is 11. The summed E-state index contributed by atoms with van der Waals surface area (Å²) in [5.74, 6) is 1.73. The largest absolute Gasteiger partial charge is 0.476 e. The molecule has 0 amide bonds. The molecule has 0 saturated carbocycles. The Morgan fingerprint density at radius 3 is 2.43 bits per heavy atom. The molecule has 8 heteroatoms. The standard InChI is InChI=1S/C29H33N3O4S/c1-6-34-28(33)29(4,5)36-27-20(2)14-22(15-21(27)3)17-32(19-26-30-12-13-37-26)18-25-31-16-24(35-25)23-10-8-7-9-11-23/h7-16H,6,17-19H2,1-5H3. The van der Waals surface area contributed by atoms with Gasteiger partial charge in [0.05, 0.1) is 25.9 Å². The number of thiazole rings is 1. The summed E-state index contributed by atoms with van der Waals surface area (Å²) in [5, 5.41) is 3.01. The molecule has 2 aromatic heterocycles. The Balaban J connectivity index is 1.53. The van der Waals surface area contributed by atoms with Gasteiger partial charge in [0.25, 0.3) is 0 Å². The van der Waals surface area contributed by atoms with Crippen molar-refractivity contribution in [2.75, 3.05) is 6.61 Å². The van der Waals surface area contributed by atoms with Crippen LogP contribution in [0.2, 0.25) is 0 Å². The van der Waals surface area contributed by atoms with Crippen molar-refractivity contribution >= 4 is 17.3 Å². The number of hydrogen-bond donors (Lipinski definition) is 0. The number of carbonyl (C=O) groups excluding carboxylic acids is 1. The fourth-order valence-electron chi connectivity index (χ4n) is 4.15. The van der Waals surface area contributed by atoms with E-state index >= 15 is 0 Å². The van der Waals surface area contributed by atoms with E-state index in [4.69, 9.17) is 13.9 Å². The normalized spacial score (nSPS) is 11.6. The van der Waals surface area contributed by atoms with Gasteiger partial charge in [-0.15, -0.1) is 11.3 Å². The van der Waals surface area contributed by atoms with Crippen LogP contribution in [-0.2, 0) is 29.2 Å². The third-order valence-corrected chi connectivity index (χ3v) is 6.63. The van der Waals surface area contributed by atoms with Crippen molar-refractivity contribution in [1.82, 2.24) is 14.9 Å². The van der Waals surface area contributed by atoms with E-state index in [1.54, 1.807) is 38.3 Å². The Bertz CT molecular complexity index is 1290. The molecule has 0 radical (unpaired) electrons. The first-order valence-electron chi connectivity index (χ1n) is 12.3. The fraction of sp³-hybridized carbons (Fsp3) is 0.345. The van der Waals surface area contributed by atoms with Gasteiger partial charge in [0.15, 0.2) is 11.4 Å². The molecule has 2 heterocycles. The summed E-state index contributed by atoms with van der Waals surface area (Å²) in [6.45, 7) is 11.4. The van der Waals surface area contributed by atoms with Crippen molar-refractivity contribution in [3.63, 3.8) is 0 Å². The van der Waals surface area contributed by atoms with Gasteiger partial charge in [0.2, 0.25) is 5.89 Å². The lowest BCUT2D eigenvalue weighted by molar-refractivity contribution is -0.158. The predicted molar refractivity (Wildman–Crippen MR) is 144 cm³/mol. The zero-order valence-electron chi connectivity index (χ0n) is 22.0. The van der Waals surface area contributed by atoms with Crippen LogP contribution in [0.25, 0.3) is 11.3 Å². The highest BCUT2D eigenvalue weighted by molar-refractivity contribution is 7.09. The third kappa shape index (κ3) is 6.84. The molecule has 4 aromatic rings. The van der Waals surface area contributed by atoms with E-state index < -0.39 is 5.60 Å². The Morgan fingerprint density at radius 1 is 1.05 bits per heavy atom. The van der Waals surface area contributed by atoms with E-state index in [9.17, 15) is 4.79 Å². The molecule has 0 atom stereocenters. The molecule has 0 saturated heterocycles. The highest BCUT2D eigenvalue weighted by atomic mass is 32.1. The zero-order chi connectivity index (χ0) is 26.4. The van der Waals surface area contributed by atoms with Gasteiger partial charge in [-0.25, -0.2) is 14.8 Å². The summed E-state index contributed by atoms with van der Waals surface area (Å²) >= 11 is 1.63. The smallest absolute Gasteiger partial charge is 0.349 e. The first kappa shape index (κ1) is 26.6. The van der Waals surface area contributed by atoms with Crippen LogP contribution in [0.15, 0.2) is 64.7 Å². The number of benzene rings is 2. The molecule has 2 aromatic carbocycles. The third-order valence-electron chi connectivity index (χ3n) is 5.86. The van der Waals surface area contributed by atoms with Gasteiger partial charge in [-0.3, -0.25) is 4.90 Å². The quantitative estimate of drug-likeness (QED) is 0.214. The van der Waals surface area contributed by atoms with Crippen LogP contribution in [0.5, 0.6) is 5.75 Å². The van der Waals surface area contributed by atoms with Crippen LogP contribution in [0.4, 0.5) is 0 Å². The molecule has 0 aliphatic carbocycles. The lowest BCUT2D eigenvalue weighted by Crippen LogP contribution is -2.40. The van der Waals surface area contributed by atoms with E-state index in [2.05, 4.69) is 27.0 Å². The van der Waals surface area contributed by atoms with E-state index in [0.717, 1.165) is 33.0 Å². The predicted octanol–water partition coefficient (Wildman–Crippen LogP) is 6.34. The summed E-state index contributed by atoms with van der Waals surface area (Å²) in [6, 6.07) is 14.2. The van der Waals surface area contributed by atoms with Crippen LogP contribution in [0.1, 0.15) is 48.4 Å². The van der Waals surface area contributed by atoms with Gasteiger partial charge < -0.3 is 13.9 Å². The Morgan fingerprint density at radius 2 is 1.78 bits per heavy atom. The molecule has 0 fully saturated rings. The number of aryl methyl sites for hydroxylation is 2. The number of carbonyl (C=O) groups is 1. The zero-order valence-corrected chi connectivity index (χ0v) is 22.8. The summed E-state index contributed by atoms with van der Waals surface area (Å²) in [4.78, 5) is 23.6. The summed E-state index contributed by atoms with van der Waals surface area (Å²) in [5.41, 5.74) is 2.97. The van der Waals surface area contributed by atoms with Gasteiger partial charge in [-0.1, -0.05) is 42.5 Å².